The molecule has 0 bridgehead atoms. The van der Waals surface area contributed by atoms with Crippen molar-refractivity contribution >= 4 is 46.4 Å². The van der Waals surface area contributed by atoms with Crippen LogP contribution < -0.4 is 16.0 Å². The van der Waals surface area contributed by atoms with Crippen molar-refractivity contribution < 1.29 is 38.5 Å². The molecule has 0 aliphatic carbocycles. The van der Waals surface area contributed by atoms with E-state index < -0.39 is 45.2 Å². The summed E-state index contributed by atoms with van der Waals surface area (Å²) in [6, 6.07) is 7.05. The van der Waals surface area contributed by atoms with E-state index in [0.29, 0.717) is 12.2 Å². The predicted octanol–water partition coefficient (Wildman–Crippen LogP) is 1.46. The van der Waals surface area contributed by atoms with E-state index in [1.807, 2.05) is 0 Å². The monoisotopic (exact) mass is 570 g/mol. The molecule has 0 spiro atoms. The molecule has 2 aliphatic rings. The summed E-state index contributed by atoms with van der Waals surface area (Å²) in [6.07, 6.45) is 0.108. The van der Waals surface area contributed by atoms with Crippen molar-refractivity contribution in [1.29, 1.82) is 0 Å². The maximum atomic E-state index is 13.1. The molecule has 0 aromatic heterocycles. The van der Waals surface area contributed by atoms with Crippen molar-refractivity contribution in [3.05, 3.63) is 67.8 Å². The largest absolute Gasteiger partial charge is 0.382 e. The maximum absolute atomic E-state index is 13.1. The smallest absolute Gasteiger partial charge is 0.299 e. The first-order valence-corrected chi connectivity index (χ1v) is 12.6. The van der Waals surface area contributed by atoms with Crippen LogP contribution in [-0.2, 0) is 19.1 Å². The van der Waals surface area contributed by atoms with Gasteiger partial charge in [0, 0.05) is 31.3 Å². The summed E-state index contributed by atoms with van der Waals surface area (Å²) < 4.78 is 10.9. The zero-order chi connectivity index (χ0) is 29.5. The lowest BCUT2D eigenvalue weighted by Gasteiger charge is -2.27. The average Bonchev–Trinajstić information content (AvgIpc) is 3.19. The number of piperidine rings is 1. The molecule has 216 valence electrons. The molecule has 4 amide bonds. The number of nitrogens with zero attached hydrogens (tertiary/aromatic N) is 3. The standard InChI is InChI=1S/C25H26N6O10/c32-21-7-6-19(23(33)28-21)29-24(34)16-2-1-3-18(22(16)25(29)35)27-9-11-41-13-12-40-10-8-26-17-5-4-15(30(36)37)14-20(17)31(38)39/h1-5,14,19,26-27H,6-13H2,(H,28,32,33). The number of rotatable bonds is 14. The number of carbonyl (C=O) groups is 4. The minimum Gasteiger partial charge on any atom is -0.382 e. The van der Waals surface area contributed by atoms with Crippen LogP contribution in [0.3, 0.4) is 0 Å². The number of carbonyl (C=O) groups excluding carboxylic acids is 4. The highest BCUT2D eigenvalue weighted by Crippen LogP contribution is 2.32. The van der Waals surface area contributed by atoms with Crippen LogP contribution >= 0.6 is 0 Å². The van der Waals surface area contributed by atoms with E-state index in [1.54, 1.807) is 12.1 Å². The van der Waals surface area contributed by atoms with Crippen molar-refractivity contribution in [2.75, 3.05) is 50.2 Å². The Balaban J connectivity index is 1.17. The summed E-state index contributed by atoms with van der Waals surface area (Å²) in [6.45, 7) is 1.46. The zero-order valence-electron chi connectivity index (χ0n) is 21.6. The van der Waals surface area contributed by atoms with Gasteiger partial charge in [-0.05, 0) is 24.6 Å². The van der Waals surface area contributed by atoms with Gasteiger partial charge in [0.2, 0.25) is 11.8 Å². The Morgan fingerprint density at radius 2 is 1.56 bits per heavy atom. The number of non-ortho nitro benzene ring substituents is 1. The van der Waals surface area contributed by atoms with Crippen LogP contribution in [0.1, 0.15) is 33.6 Å². The SMILES string of the molecule is O=C1CCC(N2C(=O)c3cccc(NCCOCCOCCNc4ccc([N+](=O)[O-])cc4[N+](=O)[O-])c3C2=O)C(=O)N1. The fourth-order valence-corrected chi connectivity index (χ4v) is 4.43. The molecule has 2 aromatic rings. The Morgan fingerprint density at radius 1 is 0.878 bits per heavy atom. The molecule has 41 heavy (non-hydrogen) atoms. The minimum absolute atomic E-state index is 0.0365. The van der Waals surface area contributed by atoms with Crippen molar-refractivity contribution in [2.45, 2.75) is 18.9 Å². The normalized spacial score (nSPS) is 16.4. The Hall–Kier alpha value is -4.96. The highest BCUT2D eigenvalue weighted by Gasteiger charge is 2.45. The lowest BCUT2D eigenvalue weighted by molar-refractivity contribution is -0.393. The molecular weight excluding hydrogens is 544 g/mol. The zero-order valence-corrected chi connectivity index (χ0v) is 21.6. The summed E-state index contributed by atoms with van der Waals surface area (Å²) >= 11 is 0. The van der Waals surface area contributed by atoms with Gasteiger partial charge in [0.15, 0.2) is 0 Å². The molecule has 1 saturated heterocycles. The first-order chi connectivity index (χ1) is 19.7. The number of hydrogen-bond donors (Lipinski definition) is 3. The maximum Gasteiger partial charge on any atom is 0.299 e. The van der Waals surface area contributed by atoms with Crippen LogP contribution in [-0.4, -0.2) is 83.9 Å². The van der Waals surface area contributed by atoms with Gasteiger partial charge in [-0.2, -0.15) is 0 Å². The second kappa shape index (κ2) is 12.9. The third kappa shape index (κ3) is 6.62. The van der Waals surface area contributed by atoms with Crippen molar-refractivity contribution in [3.63, 3.8) is 0 Å². The number of imide groups is 2. The number of nitro groups is 2. The van der Waals surface area contributed by atoms with E-state index in [0.717, 1.165) is 11.0 Å². The number of nitrogens with one attached hydrogen (secondary N) is 3. The summed E-state index contributed by atoms with van der Waals surface area (Å²) in [5.41, 5.74) is 0.101. The minimum atomic E-state index is -1.05. The van der Waals surface area contributed by atoms with E-state index in [-0.39, 0.29) is 68.3 Å². The highest BCUT2D eigenvalue weighted by atomic mass is 16.6. The molecule has 4 rings (SSSR count). The fourth-order valence-electron chi connectivity index (χ4n) is 4.43. The molecule has 1 atom stereocenters. The number of nitro benzene ring substituents is 2. The Morgan fingerprint density at radius 3 is 2.20 bits per heavy atom. The number of fused-ring (bicyclic) bond motifs is 1. The van der Waals surface area contributed by atoms with Crippen molar-refractivity contribution in [2.24, 2.45) is 0 Å². The van der Waals surface area contributed by atoms with Crippen LogP contribution in [0.5, 0.6) is 0 Å². The van der Waals surface area contributed by atoms with Crippen molar-refractivity contribution in [3.8, 4) is 0 Å². The van der Waals surface area contributed by atoms with E-state index in [4.69, 9.17) is 9.47 Å². The van der Waals surface area contributed by atoms with Crippen LogP contribution in [0, 0.1) is 20.2 Å². The molecule has 16 nitrogen and oxygen atoms in total. The first kappa shape index (κ1) is 29.0. The average molecular weight is 571 g/mol. The summed E-state index contributed by atoms with van der Waals surface area (Å²) in [7, 11) is 0. The third-order valence-electron chi connectivity index (χ3n) is 6.35. The molecule has 16 heteroatoms. The van der Waals surface area contributed by atoms with E-state index >= 15 is 0 Å². The summed E-state index contributed by atoms with van der Waals surface area (Å²) in [5.74, 6) is -2.32. The van der Waals surface area contributed by atoms with Crippen LogP contribution in [0.2, 0.25) is 0 Å². The van der Waals surface area contributed by atoms with E-state index in [2.05, 4.69) is 16.0 Å². The number of ether oxygens (including phenoxy) is 2. The van der Waals surface area contributed by atoms with Crippen molar-refractivity contribution in [1.82, 2.24) is 10.2 Å². The van der Waals surface area contributed by atoms with Gasteiger partial charge in [0.25, 0.3) is 23.2 Å². The first-order valence-electron chi connectivity index (χ1n) is 12.6. The molecule has 1 unspecified atom stereocenters. The Bertz CT molecular complexity index is 1400. The number of anilines is 2. The summed E-state index contributed by atoms with van der Waals surface area (Å²) in [5, 5.41) is 30.0. The van der Waals surface area contributed by atoms with Gasteiger partial charge in [0.1, 0.15) is 11.7 Å². The Kier molecular flexibility index (Phi) is 9.15. The van der Waals surface area contributed by atoms with Gasteiger partial charge in [-0.1, -0.05) is 6.07 Å². The molecule has 2 aromatic carbocycles. The molecule has 3 N–H and O–H groups in total. The molecule has 2 aliphatic heterocycles. The lowest BCUT2D eigenvalue weighted by Crippen LogP contribution is -2.54. The Labute approximate surface area is 232 Å². The fraction of sp³-hybridized carbons (Fsp3) is 0.360. The second-order valence-corrected chi connectivity index (χ2v) is 8.97. The number of hydrogen-bond acceptors (Lipinski definition) is 12. The molecule has 0 radical (unpaired) electrons. The number of benzene rings is 2. The van der Waals surface area contributed by atoms with Gasteiger partial charge < -0.3 is 20.1 Å². The van der Waals surface area contributed by atoms with Gasteiger partial charge in [-0.15, -0.1) is 0 Å². The quantitative estimate of drug-likeness (QED) is 0.127. The van der Waals surface area contributed by atoms with Crippen LogP contribution in [0.4, 0.5) is 22.7 Å². The molecule has 0 saturated carbocycles. The second-order valence-electron chi connectivity index (χ2n) is 8.97. The van der Waals surface area contributed by atoms with E-state index in [9.17, 15) is 39.4 Å². The van der Waals surface area contributed by atoms with E-state index in [1.165, 1.54) is 18.2 Å². The number of amides is 4. The van der Waals surface area contributed by atoms with Gasteiger partial charge in [0.05, 0.1) is 53.5 Å². The molecular formula is C25H26N6O10. The topological polar surface area (TPSA) is 212 Å². The van der Waals surface area contributed by atoms with Crippen LogP contribution in [0.15, 0.2) is 36.4 Å². The lowest BCUT2D eigenvalue weighted by atomic mass is 10.0. The molecule has 2 heterocycles. The van der Waals surface area contributed by atoms with Gasteiger partial charge in [-0.3, -0.25) is 49.6 Å². The van der Waals surface area contributed by atoms with Gasteiger partial charge >= 0.3 is 0 Å². The third-order valence-corrected chi connectivity index (χ3v) is 6.35. The summed E-state index contributed by atoms with van der Waals surface area (Å²) in [4.78, 5) is 71.1. The van der Waals surface area contributed by atoms with Crippen LogP contribution in [0.25, 0.3) is 0 Å². The predicted molar refractivity (Wildman–Crippen MR) is 141 cm³/mol. The highest BCUT2D eigenvalue weighted by molar-refractivity contribution is 6.25. The van der Waals surface area contributed by atoms with Gasteiger partial charge in [-0.25, -0.2) is 0 Å². The molecule has 1 fully saturated rings.